The molecule has 7 heteroatoms. The number of nitrogens with one attached hydrogen (secondary N) is 1. The Kier molecular flexibility index (Phi) is 5.46. The molecule has 0 unspecified atom stereocenters. The lowest BCUT2D eigenvalue weighted by atomic mass is 9.95. The van der Waals surface area contributed by atoms with E-state index in [0.717, 1.165) is 17.8 Å². The Balaban J connectivity index is 1.74. The second-order valence-electron chi connectivity index (χ2n) is 6.81. The molecule has 1 aliphatic carbocycles. The van der Waals surface area contributed by atoms with E-state index in [-0.39, 0.29) is 5.56 Å². The van der Waals surface area contributed by atoms with Gasteiger partial charge < -0.3 is 10.4 Å². The molecule has 1 heterocycles. The van der Waals surface area contributed by atoms with E-state index < -0.39 is 17.5 Å². The van der Waals surface area contributed by atoms with Crippen LogP contribution in [0.25, 0.3) is 11.3 Å². The minimum atomic E-state index is -4.50. The molecule has 1 saturated carbocycles. The summed E-state index contributed by atoms with van der Waals surface area (Å²) < 4.78 is 38.5. The van der Waals surface area contributed by atoms with Gasteiger partial charge in [-0.15, -0.1) is 0 Å². The minimum Gasteiger partial charge on any atom is -0.507 e. The van der Waals surface area contributed by atoms with E-state index in [4.69, 9.17) is 0 Å². The van der Waals surface area contributed by atoms with Gasteiger partial charge in [-0.3, -0.25) is 0 Å². The fourth-order valence-electron chi connectivity index (χ4n) is 3.41. The molecule has 140 valence electrons. The number of hydrogen-bond donors (Lipinski definition) is 2. The van der Waals surface area contributed by atoms with E-state index in [9.17, 15) is 18.3 Å². The summed E-state index contributed by atoms with van der Waals surface area (Å²) in [5.41, 5.74) is 0.827. The third kappa shape index (κ3) is 4.33. The number of alkyl halides is 3. The number of phenols is 1. The van der Waals surface area contributed by atoms with Crippen LogP contribution in [0.1, 0.15) is 48.9 Å². The second kappa shape index (κ2) is 7.61. The average Bonchev–Trinajstić information content (AvgIpc) is 2.60. The number of aromatic hydroxyl groups is 1. The quantitative estimate of drug-likeness (QED) is 0.831. The second-order valence-corrected chi connectivity index (χ2v) is 6.81. The van der Waals surface area contributed by atoms with Crippen LogP contribution in [0.2, 0.25) is 0 Å². The van der Waals surface area contributed by atoms with Gasteiger partial charge in [-0.2, -0.15) is 23.4 Å². The monoisotopic (exact) mass is 365 g/mol. The lowest BCUT2D eigenvalue weighted by Gasteiger charge is -2.22. The summed E-state index contributed by atoms with van der Waals surface area (Å²) in [5, 5.41) is 21.8. The highest BCUT2D eigenvalue weighted by Gasteiger charge is 2.32. The van der Waals surface area contributed by atoms with Crippen LogP contribution >= 0.6 is 0 Å². The van der Waals surface area contributed by atoms with E-state index in [1.807, 2.05) is 0 Å². The van der Waals surface area contributed by atoms with Gasteiger partial charge in [-0.1, -0.05) is 19.3 Å². The fraction of sp³-hybridized carbons (Fsp3) is 0.474. The van der Waals surface area contributed by atoms with Crippen LogP contribution in [-0.2, 0) is 12.7 Å². The van der Waals surface area contributed by atoms with Gasteiger partial charge in [0.05, 0.1) is 17.0 Å². The van der Waals surface area contributed by atoms with Crippen molar-refractivity contribution >= 4 is 0 Å². The maximum absolute atomic E-state index is 12.8. The molecule has 0 atom stereocenters. The number of phenolic OH excluding ortho intramolecular Hbond substituents is 1. The highest BCUT2D eigenvalue weighted by Crippen LogP contribution is 2.38. The first-order chi connectivity index (χ1) is 12.3. The summed E-state index contributed by atoms with van der Waals surface area (Å²) in [5.74, 6) is -0.445. The summed E-state index contributed by atoms with van der Waals surface area (Å²) in [6, 6.07) is 5.71. The largest absolute Gasteiger partial charge is 0.507 e. The first-order valence-corrected chi connectivity index (χ1v) is 8.82. The average molecular weight is 365 g/mol. The molecule has 2 aromatic rings. The summed E-state index contributed by atoms with van der Waals surface area (Å²) in [4.78, 5) is 0. The standard InChI is InChI=1S/C19H22F3N3O/c1-12-9-13(19(20,21)22)10-17(26)18(12)16-8-7-15(24-25-16)11-23-14-5-3-2-4-6-14/h7-10,14,23,26H,2-6,11H2,1H3. The van der Waals surface area contributed by atoms with Crippen LogP contribution in [0.4, 0.5) is 13.2 Å². The van der Waals surface area contributed by atoms with Crippen molar-refractivity contribution in [3.05, 3.63) is 41.1 Å². The molecular formula is C19H22F3N3O. The predicted octanol–water partition coefficient (Wildman–Crippen LogP) is 4.60. The normalized spacial score (nSPS) is 16.0. The highest BCUT2D eigenvalue weighted by molar-refractivity contribution is 5.71. The Morgan fingerprint density at radius 3 is 2.42 bits per heavy atom. The lowest BCUT2D eigenvalue weighted by Crippen LogP contribution is -2.30. The number of halogens is 3. The molecule has 0 radical (unpaired) electrons. The lowest BCUT2D eigenvalue weighted by molar-refractivity contribution is -0.137. The van der Waals surface area contributed by atoms with Gasteiger partial charge in [0.1, 0.15) is 5.75 Å². The molecule has 0 bridgehead atoms. The zero-order chi connectivity index (χ0) is 18.7. The Labute approximate surface area is 150 Å². The zero-order valence-electron chi connectivity index (χ0n) is 14.6. The highest BCUT2D eigenvalue weighted by atomic mass is 19.4. The smallest absolute Gasteiger partial charge is 0.416 e. The maximum atomic E-state index is 12.8. The van der Waals surface area contributed by atoms with Crippen LogP contribution in [-0.4, -0.2) is 21.3 Å². The van der Waals surface area contributed by atoms with Crippen molar-refractivity contribution in [1.29, 1.82) is 0 Å². The van der Waals surface area contributed by atoms with Crippen LogP contribution in [0.3, 0.4) is 0 Å². The summed E-state index contributed by atoms with van der Waals surface area (Å²) in [6.07, 6.45) is 1.63. The molecule has 26 heavy (non-hydrogen) atoms. The van der Waals surface area contributed by atoms with E-state index >= 15 is 0 Å². The third-order valence-electron chi connectivity index (χ3n) is 4.79. The maximum Gasteiger partial charge on any atom is 0.416 e. The minimum absolute atomic E-state index is 0.275. The number of aromatic nitrogens is 2. The molecule has 0 amide bonds. The summed E-state index contributed by atoms with van der Waals surface area (Å²) in [6.45, 7) is 2.13. The molecule has 0 spiro atoms. The Morgan fingerprint density at radius 1 is 1.12 bits per heavy atom. The van der Waals surface area contributed by atoms with E-state index in [1.165, 1.54) is 39.0 Å². The number of nitrogens with zero attached hydrogens (tertiary/aromatic N) is 2. The predicted molar refractivity (Wildman–Crippen MR) is 92.6 cm³/mol. The first-order valence-electron chi connectivity index (χ1n) is 8.82. The fourth-order valence-corrected chi connectivity index (χ4v) is 3.41. The number of aryl methyl sites for hydroxylation is 1. The Bertz CT molecular complexity index is 731. The van der Waals surface area contributed by atoms with Gasteiger partial charge in [-0.05, 0) is 49.6 Å². The SMILES string of the molecule is Cc1cc(C(F)(F)F)cc(O)c1-c1ccc(CNC2CCCCC2)nn1. The van der Waals surface area contributed by atoms with Crippen molar-refractivity contribution < 1.29 is 18.3 Å². The third-order valence-corrected chi connectivity index (χ3v) is 4.79. The molecular weight excluding hydrogens is 343 g/mol. The van der Waals surface area contributed by atoms with Crippen molar-refractivity contribution in [2.45, 2.75) is 57.8 Å². The van der Waals surface area contributed by atoms with Crippen LogP contribution in [0.15, 0.2) is 24.3 Å². The van der Waals surface area contributed by atoms with Gasteiger partial charge in [0.2, 0.25) is 0 Å². The zero-order valence-corrected chi connectivity index (χ0v) is 14.6. The molecule has 2 N–H and O–H groups in total. The van der Waals surface area contributed by atoms with Gasteiger partial charge >= 0.3 is 6.18 Å². The number of rotatable bonds is 4. The van der Waals surface area contributed by atoms with Gasteiger partial charge in [0.25, 0.3) is 0 Å². The summed E-state index contributed by atoms with van der Waals surface area (Å²) in [7, 11) is 0. The van der Waals surface area contributed by atoms with Crippen molar-refractivity contribution in [3.8, 4) is 17.0 Å². The van der Waals surface area contributed by atoms with E-state index in [2.05, 4.69) is 15.5 Å². The van der Waals surface area contributed by atoms with Gasteiger partial charge in [-0.25, -0.2) is 0 Å². The van der Waals surface area contributed by atoms with E-state index in [0.29, 0.717) is 23.8 Å². The Morgan fingerprint density at radius 2 is 1.85 bits per heavy atom. The molecule has 0 aliphatic heterocycles. The van der Waals surface area contributed by atoms with Crippen LogP contribution in [0, 0.1) is 6.92 Å². The van der Waals surface area contributed by atoms with Crippen LogP contribution < -0.4 is 5.32 Å². The van der Waals surface area contributed by atoms with Crippen molar-refractivity contribution in [2.75, 3.05) is 0 Å². The molecule has 4 nitrogen and oxygen atoms in total. The summed E-state index contributed by atoms with van der Waals surface area (Å²) >= 11 is 0. The molecule has 1 aromatic carbocycles. The topological polar surface area (TPSA) is 58.0 Å². The van der Waals surface area contributed by atoms with Crippen molar-refractivity contribution in [1.82, 2.24) is 15.5 Å². The van der Waals surface area contributed by atoms with Gasteiger partial charge in [0.15, 0.2) is 0 Å². The first kappa shape index (κ1) is 18.6. The van der Waals surface area contributed by atoms with Crippen molar-refractivity contribution in [3.63, 3.8) is 0 Å². The Hall–Kier alpha value is -2.15. The van der Waals surface area contributed by atoms with Gasteiger partial charge in [0, 0.05) is 18.2 Å². The molecule has 0 saturated heterocycles. The number of hydrogen-bond acceptors (Lipinski definition) is 4. The molecule has 3 rings (SSSR count). The molecule has 1 fully saturated rings. The van der Waals surface area contributed by atoms with Crippen LogP contribution in [0.5, 0.6) is 5.75 Å². The number of benzene rings is 1. The molecule has 1 aliphatic rings. The van der Waals surface area contributed by atoms with E-state index in [1.54, 1.807) is 12.1 Å². The molecule has 1 aromatic heterocycles. The van der Waals surface area contributed by atoms with Crippen molar-refractivity contribution in [2.24, 2.45) is 0 Å².